The Morgan fingerprint density at radius 1 is 1.39 bits per heavy atom. The summed E-state index contributed by atoms with van der Waals surface area (Å²) in [7, 11) is 2.98. The number of halogens is 1. The normalized spacial score (nSPS) is 11.8. The first-order valence-corrected chi connectivity index (χ1v) is 6.10. The molecule has 0 amide bonds. The van der Waals surface area contributed by atoms with Gasteiger partial charge in [-0.1, -0.05) is 0 Å². The van der Waals surface area contributed by atoms with Gasteiger partial charge in [0.15, 0.2) is 17.6 Å². The molecule has 1 N–H and O–H groups in total. The Bertz CT molecular complexity index is 433. The first-order chi connectivity index (χ1) is 8.54. The van der Waals surface area contributed by atoms with Crippen LogP contribution < -0.4 is 9.47 Å². The Kier molecular flexibility index (Phi) is 5.43. The molecule has 0 aliphatic carbocycles. The smallest absolute Gasteiger partial charge is 0.339 e. The molecule has 18 heavy (non-hydrogen) atoms. The topological polar surface area (TPSA) is 65.0 Å². The van der Waals surface area contributed by atoms with E-state index in [1.54, 1.807) is 13.0 Å². The summed E-state index contributed by atoms with van der Waals surface area (Å²) in [5.74, 6) is 0.221. The largest absolute Gasteiger partial charge is 0.493 e. The number of carbonyl (C=O) groups excluding carboxylic acids is 1. The van der Waals surface area contributed by atoms with Crippen LogP contribution >= 0.6 is 15.9 Å². The van der Waals surface area contributed by atoms with E-state index in [0.29, 0.717) is 21.5 Å². The number of carbonyl (C=O) groups is 1. The van der Waals surface area contributed by atoms with E-state index in [4.69, 9.17) is 14.2 Å². The Balaban J connectivity index is 3.11. The molecule has 0 saturated heterocycles. The fourth-order valence-corrected chi connectivity index (χ4v) is 2.07. The van der Waals surface area contributed by atoms with Crippen molar-refractivity contribution in [1.29, 1.82) is 0 Å². The Morgan fingerprint density at radius 2 is 2.06 bits per heavy atom. The van der Waals surface area contributed by atoms with Gasteiger partial charge in [-0.2, -0.15) is 0 Å². The molecule has 0 aliphatic heterocycles. The molecule has 1 unspecified atom stereocenters. The lowest BCUT2D eigenvalue weighted by atomic mass is 10.1. The van der Waals surface area contributed by atoms with Gasteiger partial charge < -0.3 is 19.3 Å². The molecule has 5 nitrogen and oxygen atoms in total. The third-order valence-electron chi connectivity index (χ3n) is 2.28. The second-order valence-corrected chi connectivity index (χ2v) is 4.25. The third kappa shape index (κ3) is 3.14. The molecule has 6 heteroatoms. The van der Waals surface area contributed by atoms with Gasteiger partial charge in [0.25, 0.3) is 0 Å². The SMILES string of the molecule is CCOC(=O)C(O)c1cc(Br)c(OC)c(OC)c1. The summed E-state index contributed by atoms with van der Waals surface area (Å²) < 4.78 is 15.6. The number of aliphatic hydroxyl groups is 1. The fraction of sp³-hybridized carbons (Fsp3) is 0.417. The monoisotopic (exact) mass is 318 g/mol. The van der Waals surface area contributed by atoms with E-state index in [9.17, 15) is 9.90 Å². The highest BCUT2D eigenvalue weighted by Crippen LogP contribution is 2.37. The average molecular weight is 319 g/mol. The van der Waals surface area contributed by atoms with Gasteiger partial charge in [-0.15, -0.1) is 0 Å². The molecular formula is C12H15BrO5. The number of benzene rings is 1. The number of rotatable bonds is 5. The molecule has 1 rings (SSSR count). The van der Waals surface area contributed by atoms with Crippen molar-refractivity contribution in [3.63, 3.8) is 0 Å². The molecule has 1 aromatic rings. The van der Waals surface area contributed by atoms with Crippen LogP contribution in [0.1, 0.15) is 18.6 Å². The first kappa shape index (κ1) is 14.8. The molecule has 0 aliphatic rings. The Labute approximate surface area is 114 Å². The minimum absolute atomic E-state index is 0.213. The average Bonchev–Trinajstić information content (AvgIpc) is 2.36. The van der Waals surface area contributed by atoms with Gasteiger partial charge >= 0.3 is 5.97 Å². The zero-order chi connectivity index (χ0) is 13.7. The van der Waals surface area contributed by atoms with Crippen molar-refractivity contribution in [2.24, 2.45) is 0 Å². The number of methoxy groups -OCH3 is 2. The minimum Gasteiger partial charge on any atom is -0.493 e. The quantitative estimate of drug-likeness (QED) is 0.842. The fourth-order valence-electron chi connectivity index (χ4n) is 1.45. The summed E-state index contributed by atoms with van der Waals surface area (Å²) in [6.45, 7) is 1.89. The van der Waals surface area contributed by atoms with E-state index in [0.717, 1.165) is 0 Å². The number of esters is 1. The summed E-state index contributed by atoms with van der Waals surface area (Å²) in [5.41, 5.74) is 0.373. The molecule has 1 aromatic carbocycles. The molecule has 100 valence electrons. The number of hydrogen-bond donors (Lipinski definition) is 1. The van der Waals surface area contributed by atoms with Crippen LogP contribution in [-0.4, -0.2) is 31.9 Å². The van der Waals surface area contributed by atoms with Crippen LogP contribution in [0.5, 0.6) is 11.5 Å². The molecule has 0 radical (unpaired) electrons. The second kappa shape index (κ2) is 6.61. The maximum atomic E-state index is 11.4. The second-order valence-electron chi connectivity index (χ2n) is 3.39. The van der Waals surface area contributed by atoms with E-state index in [2.05, 4.69) is 15.9 Å². The Morgan fingerprint density at radius 3 is 2.56 bits per heavy atom. The lowest BCUT2D eigenvalue weighted by Crippen LogP contribution is -2.15. The van der Waals surface area contributed by atoms with Crippen molar-refractivity contribution >= 4 is 21.9 Å². The van der Waals surface area contributed by atoms with Crippen LogP contribution in [0.15, 0.2) is 16.6 Å². The van der Waals surface area contributed by atoms with Crippen molar-refractivity contribution in [2.75, 3.05) is 20.8 Å². The number of ether oxygens (including phenoxy) is 3. The van der Waals surface area contributed by atoms with Gasteiger partial charge in [0.2, 0.25) is 0 Å². The van der Waals surface area contributed by atoms with Gasteiger partial charge in [-0.3, -0.25) is 0 Å². The van der Waals surface area contributed by atoms with Crippen LogP contribution in [0.2, 0.25) is 0 Å². The molecule has 0 saturated carbocycles. The molecule has 0 aromatic heterocycles. The van der Waals surface area contributed by atoms with Crippen LogP contribution in [0.4, 0.5) is 0 Å². The number of hydrogen-bond acceptors (Lipinski definition) is 5. The van der Waals surface area contributed by atoms with Crippen molar-refractivity contribution in [2.45, 2.75) is 13.0 Å². The molecule has 1 atom stereocenters. The highest BCUT2D eigenvalue weighted by Gasteiger charge is 2.22. The van der Waals surface area contributed by atoms with Gasteiger partial charge in [-0.05, 0) is 40.5 Å². The summed E-state index contributed by atoms with van der Waals surface area (Å²) >= 11 is 3.29. The Hall–Kier alpha value is -1.27. The molecule has 0 spiro atoms. The van der Waals surface area contributed by atoms with Crippen molar-refractivity contribution in [1.82, 2.24) is 0 Å². The van der Waals surface area contributed by atoms with E-state index >= 15 is 0 Å². The highest BCUT2D eigenvalue weighted by molar-refractivity contribution is 9.10. The van der Waals surface area contributed by atoms with E-state index in [1.165, 1.54) is 20.3 Å². The lowest BCUT2D eigenvalue weighted by Gasteiger charge is -2.14. The predicted molar refractivity (Wildman–Crippen MR) is 68.8 cm³/mol. The summed E-state index contributed by atoms with van der Waals surface area (Å²) in [6, 6.07) is 3.12. The summed E-state index contributed by atoms with van der Waals surface area (Å²) in [5, 5.41) is 9.84. The van der Waals surface area contributed by atoms with Gasteiger partial charge in [-0.25, -0.2) is 4.79 Å². The van der Waals surface area contributed by atoms with Crippen LogP contribution in [0, 0.1) is 0 Å². The van der Waals surface area contributed by atoms with E-state index in [-0.39, 0.29) is 6.61 Å². The van der Waals surface area contributed by atoms with E-state index < -0.39 is 12.1 Å². The maximum absolute atomic E-state index is 11.4. The standard InChI is InChI=1S/C12H15BrO5/c1-4-18-12(15)10(14)7-5-8(13)11(17-3)9(6-7)16-2/h5-6,10,14H,4H2,1-3H3. The maximum Gasteiger partial charge on any atom is 0.339 e. The molecular weight excluding hydrogens is 304 g/mol. The van der Waals surface area contributed by atoms with Crippen LogP contribution in [0.3, 0.4) is 0 Å². The van der Waals surface area contributed by atoms with Crippen molar-refractivity contribution in [3.8, 4) is 11.5 Å². The van der Waals surface area contributed by atoms with Crippen molar-refractivity contribution < 1.29 is 24.1 Å². The van der Waals surface area contributed by atoms with E-state index in [1.807, 2.05) is 0 Å². The summed E-state index contributed by atoms with van der Waals surface area (Å²) in [6.07, 6.45) is -1.35. The minimum atomic E-state index is -1.35. The number of aliphatic hydroxyl groups excluding tert-OH is 1. The molecule has 0 bridgehead atoms. The molecule has 0 heterocycles. The van der Waals surface area contributed by atoms with Gasteiger partial charge in [0, 0.05) is 0 Å². The highest BCUT2D eigenvalue weighted by atomic mass is 79.9. The lowest BCUT2D eigenvalue weighted by molar-refractivity contribution is -0.153. The third-order valence-corrected chi connectivity index (χ3v) is 2.87. The predicted octanol–water partition coefficient (Wildman–Crippen LogP) is 2.06. The van der Waals surface area contributed by atoms with Crippen LogP contribution in [-0.2, 0) is 9.53 Å². The summed E-state index contributed by atoms with van der Waals surface area (Å²) in [4.78, 5) is 11.4. The first-order valence-electron chi connectivity index (χ1n) is 5.31. The van der Waals surface area contributed by atoms with Gasteiger partial charge in [0.1, 0.15) is 0 Å². The molecule has 0 fully saturated rings. The van der Waals surface area contributed by atoms with Crippen LogP contribution in [0.25, 0.3) is 0 Å². The van der Waals surface area contributed by atoms with Gasteiger partial charge in [0.05, 0.1) is 25.3 Å². The van der Waals surface area contributed by atoms with Crippen molar-refractivity contribution in [3.05, 3.63) is 22.2 Å². The zero-order valence-electron chi connectivity index (χ0n) is 10.4. The zero-order valence-corrected chi connectivity index (χ0v) is 12.0.